The second-order valence-corrected chi connectivity index (χ2v) is 5.73. The third kappa shape index (κ3) is 4.00. The van der Waals surface area contributed by atoms with E-state index in [1.807, 2.05) is 0 Å². The maximum Gasteiger partial charge on any atom is 0.271 e. The SMILES string of the molecule is COc1cc(OC)cc(C(=O)N/N=C\c2cc(Cl)c3c(c2)OCCO3)c1. The summed E-state index contributed by atoms with van der Waals surface area (Å²) in [5.74, 6) is 1.69. The van der Waals surface area contributed by atoms with Crippen LogP contribution >= 0.6 is 11.6 Å². The van der Waals surface area contributed by atoms with E-state index in [0.29, 0.717) is 52.4 Å². The number of rotatable bonds is 5. The lowest BCUT2D eigenvalue weighted by atomic mass is 10.2. The molecule has 1 N–H and O–H groups in total. The zero-order valence-electron chi connectivity index (χ0n) is 14.2. The quantitative estimate of drug-likeness (QED) is 0.641. The van der Waals surface area contributed by atoms with Crippen LogP contribution in [0.1, 0.15) is 15.9 Å². The van der Waals surface area contributed by atoms with Gasteiger partial charge in [0.2, 0.25) is 0 Å². The summed E-state index contributed by atoms with van der Waals surface area (Å²) < 4.78 is 21.3. The Bertz CT molecular complexity index is 831. The fourth-order valence-electron chi connectivity index (χ4n) is 2.37. The number of hydrogen-bond acceptors (Lipinski definition) is 6. The van der Waals surface area contributed by atoms with Crippen LogP contribution in [-0.4, -0.2) is 39.6 Å². The fraction of sp³-hybridized carbons (Fsp3) is 0.222. The second kappa shape index (κ2) is 7.97. The van der Waals surface area contributed by atoms with E-state index < -0.39 is 5.91 Å². The van der Waals surface area contributed by atoms with Crippen LogP contribution < -0.4 is 24.4 Å². The van der Waals surface area contributed by atoms with Gasteiger partial charge in [0.25, 0.3) is 5.91 Å². The van der Waals surface area contributed by atoms with Crippen molar-refractivity contribution in [3.63, 3.8) is 0 Å². The molecule has 8 heteroatoms. The van der Waals surface area contributed by atoms with Crippen molar-refractivity contribution in [2.75, 3.05) is 27.4 Å². The molecule has 7 nitrogen and oxygen atoms in total. The summed E-state index contributed by atoms with van der Waals surface area (Å²) in [5, 5.41) is 4.38. The maximum absolute atomic E-state index is 12.3. The molecule has 0 spiro atoms. The maximum atomic E-state index is 12.3. The third-order valence-corrected chi connectivity index (χ3v) is 3.89. The lowest BCUT2D eigenvalue weighted by molar-refractivity contribution is 0.0954. The number of benzene rings is 2. The van der Waals surface area contributed by atoms with Gasteiger partial charge in [-0.2, -0.15) is 5.10 Å². The van der Waals surface area contributed by atoms with Crippen molar-refractivity contribution in [1.82, 2.24) is 5.43 Å². The highest BCUT2D eigenvalue weighted by Crippen LogP contribution is 2.37. The lowest BCUT2D eigenvalue weighted by Gasteiger charge is -2.19. The van der Waals surface area contributed by atoms with Gasteiger partial charge in [-0.05, 0) is 29.8 Å². The minimum atomic E-state index is -0.401. The summed E-state index contributed by atoms with van der Waals surface area (Å²) in [4.78, 5) is 12.3. The molecule has 0 bridgehead atoms. The number of halogens is 1. The van der Waals surface area contributed by atoms with E-state index in [1.165, 1.54) is 20.4 Å². The molecule has 0 saturated heterocycles. The highest BCUT2D eigenvalue weighted by atomic mass is 35.5. The van der Waals surface area contributed by atoms with Crippen LogP contribution in [0.3, 0.4) is 0 Å². The van der Waals surface area contributed by atoms with Gasteiger partial charge in [-0.1, -0.05) is 11.6 Å². The molecule has 1 aliphatic heterocycles. The van der Waals surface area contributed by atoms with Crippen molar-refractivity contribution in [2.24, 2.45) is 5.10 Å². The van der Waals surface area contributed by atoms with E-state index in [4.69, 9.17) is 30.5 Å². The van der Waals surface area contributed by atoms with Crippen LogP contribution in [0.5, 0.6) is 23.0 Å². The van der Waals surface area contributed by atoms with Crippen molar-refractivity contribution in [2.45, 2.75) is 0 Å². The number of methoxy groups -OCH3 is 2. The van der Waals surface area contributed by atoms with Gasteiger partial charge in [-0.3, -0.25) is 4.79 Å². The summed E-state index contributed by atoms with van der Waals surface area (Å²) in [6.45, 7) is 0.915. The molecule has 0 radical (unpaired) electrons. The summed E-state index contributed by atoms with van der Waals surface area (Å²) in [7, 11) is 3.03. The van der Waals surface area contributed by atoms with Crippen molar-refractivity contribution < 1.29 is 23.7 Å². The van der Waals surface area contributed by atoms with Gasteiger partial charge in [-0.25, -0.2) is 5.43 Å². The van der Waals surface area contributed by atoms with Crippen LogP contribution in [0.25, 0.3) is 0 Å². The molecule has 2 aromatic rings. The van der Waals surface area contributed by atoms with Gasteiger partial charge in [-0.15, -0.1) is 0 Å². The number of fused-ring (bicyclic) bond motifs is 1. The Morgan fingerprint density at radius 3 is 2.50 bits per heavy atom. The van der Waals surface area contributed by atoms with Crippen LogP contribution in [0.2, 0.25) is 5.02 Å². The number of ether oxygens (including phenoxy) is 4. The summed E-state index contributed by atoms with van der Waals surface area (Å²) in [6.07, 6.45) is 1.47. The molecule has 1 aliphatic rings. The molecule has 0 unspecified atom stereocenters. The number of hydrogen-bond donors (Lipinski definition) is 1. The van der Waals surface area contributed by atoms with Crippen molar-refractivity contribution in [3.8, 4) is 23.0 Å². The molecule has 0 aromatic heterocycles. The highest BCUT2D eigenvalue weighted by molar-refractivity contribution is 6.32. The zero-order chi connectivity index (χ0) is 18.5. The predicted molar refractivity (Wildman–Crippen MR) is 97.0 cm³/mol. The Balaban J connectivity index is 1.72. The van der Waals surface area contributed by atoms with Crippen molar-refractivity contribution in [3.05, 3.63) is 46.5 Å². The smallest absolute Gasteiger partial charge is 0.271 e. The minimum absolute atomic E-state index is 0.360. The van der Waals surface area contributed by atoms with Crippen LogP contribution in [0, 0.1) is 0 Å². The number of hydrazone groups is 1. The molecule has 26 heavy (non-hydrogen) atoms. The first-order valence-corrected chi connectivity index (χ1v) is 8.14. The topological polar surface area (TPSA) is 78.4 Å². The molecule has 136 valence electrons. The molecule has 0 atom stereocenters. The largest absolute Gasteiger partial charge is 0.497 e. The molecule has 0 fully saturated rings. The molecule has 1 heterocycles. The standard InChI is InChI=1S/C18H17ClN2O5/c1-23-13-7-12(8-14(9-13)24-2)18(22)21-20-10-11-5-15(19)17-16(6-11)25-3-4-26-17/h5-10H,3-4H2,1-2H3,(H,21,22)/b20-10-. The third-order valence-electron chi connectivity index (χ3n) is 3.61. The Hall–Kier alpha value is -2.93. The predicted octanol–water partition coefficient (Wildman–Crippen LogP) is 2.89. The van der Waals surface area contributed by atoms with Crippen molar-refractivity contribution in [1.29, 1.82) is 0 Å². The molecule has 0 aliphatic carbocycles. The summed E-state index contributed by atoms with van der Waals surface area (Å²) >= 11 is 6.17. The molecule has 1 amide bonds. The number of nitrogens with one attached hydrogen (secondary N) is 1. The van der Waals surface area contributed by atoms with Gasteiger partial charge in [0.1, 0.15) is 24.7 Å². The van der Waals surface area contributed by atoms with Gasteiger partial charge in [0.05, 0.1) is 25.5 Å². The summed E-state index contributed by atoms with van der Waals surface area (Å²) in [6, 6.07) is 8.28. The number of carbonyl (C=O) groups excluding carboxylic acids is 1. The molecule has 0 saturated carbocycles. The van der Waals surface area contributed by atoms with E-state index in [-0.39, 0.29) is 0 Å². The molecular formula is C18H17ClN2O5. The van der Waals surface area contributed by atoms with Gasteiger partial charge < -0.3 is 18.9 Å². The van der Waals surface area contributed by atoms with Crippen LogP contribution in [-0.2, 0) is 0 Å². The van der Waals surface area contributed by atoms with Crippen LogP contribution in [0.4, 0.5) is 0 Å². The first kappa shape index (κ1) is 17.9. The number of carbonyl (C=O) groups is 1. The monoisotopic (exact) mass is 376 g/mol. The number of nitrogens with zero attached hydrogens (tertiary/aromatic N) is 1. The van der Waals surface area contributed by atoms with E-state index in [2.05, 4.69) is 10.5 Å². The van der Waals surface area contributed by atoms with Gasteiger partial charge in [0, 0.05) is 11.6 Å². The average Bonchev–Trinajstić information content (AvgIpc) is 2.67. The van der Waals surface area contributed by atoms with E-state index in [0.717, 1.165) is 0 Å². The first-order valence-electron chi connectivity index (χ1n) is 7.76. The Kier molecular flexibility index (Phi) is 5.48. The summed E-state index contributed by atoms with van der Waals surface area (Å²) in [5.41, 5.74) is 3.48. The Morgan fingerprint density at radius 2 is 1.81 bits per heavy atom. The van der Waals surface area contributed by atoms with E-state index >= 15 is 0 Å². The zero-order valence-corrected chi connectivity index (χ0v) is 15.0. The molecule has 3 rings (SSSR count). The second-order valence-electron chi connectivity index (χ2n) is 5.33. The molecule has 2 aromatic carbocycles. The Labute approximate surface area is 155 Å². The minimum Gasteiger partial charge on any atom is -0.497 e. The fourth-order valence-corrected chi connectivity index (χ4v) is 2.65. The average molecular weight is 377 g/mol. The Morgan fingerprint density at radius 1 is 1.12 bits per heavy atom. The van der Waals surface area contributed by atoms with Crippen LogP contribution in [0.15, 0.2) is 35.4 Å². The highest BCUT2D eigenvalue weighted by Gasteiger charge is 2.16. The molecular weight excluding hydrogens is 360 g/mol. The first-order chi connectivity index (χ1) is 12.6. The van der Waals surface area contributed by atoms with Crippen molar-refractivity contribution >= 4 is 23.7 Å². The normalized spacial score (nSPS) is 12.7. The number of amides is 1. The van der Waals surface area contributed by atoms with Gasteiger partial charge in [0.15, 0.2) is 11.5 Å². The van der Waals surface area contributed by atoms with E-state index in [1.54, 1.807) is 30.3 Å². The lowest BCUT2D eigenvalue weighted by Crippen LogP contribution is -2.18. The van der Waals surface area contributed by atoms with E-state index in [9.17, 15) is 4.79 Å². The van der Waals surface area contributed by atoms with Gasteiger partial charge >= 0.3 is 0 Å².